The highest BCUT2D eigenvalue weighted by Crippen LogP contribution is 2.12. The maximum atomic E-state index is 11.7. The number of aromatic nitrogens is 1. The van der Waals surface area contributed by atoms with Gasteiger partial charge in [-0.3, -0.25) is 4.79 Å². The summed E-state index contributed by atoms with van der Waals surface area (Å²) in [5.74, 6) is -1.49. The van der Waals surface area contributed by atoms with E-state index in [1.165, 1.54) is 11.3 Å². The number of nitrogens with two attached hydrogens (primary N) is 1. The molecule has 0 aliphatic heterocycles. The average molecular weight is 271 g/mol. The Morgan fingerprint density at radius 2 is 2.28 bits per heavy atom. The van der Waals surface area contributed by atoms with Crippen LogP contribution in [0.2, 0.25) is 0 Å². The average Bonchev–Trinajstić information content (AvgIpc) is 2.70. The van der Waals surface area contributed by atoms with Crippen molar-refractivity contribution >= 4 is 28.3 Å². The van der Waals surface area contributed by atoms with Gasteiger partial charge < -0.3 is 16.2 Å². The van der Waals surface area contributed by atoms with Crippen LogP contribution in [-0.2, 0) is 16.0 Å². The summed E-state index contributed by atoms with van der Waals surface area (Å²) in [5.41, 5.74) is 6.01. The van der Waals surface area contributed by atoms with Gasteiger partial charge >= 0.3 is 5.97 Å². The highest BCUT2D eigenvalue weighted by molar-refractivity contribution is 7.13. The number of aliphatic carboxylic acids is 1. The molecule has 1 amide bonds. The molecular weight excluding hydrogens is 254 g/mol. The number of carbonyl (C=O) groups is 2. The van der Waals surface area contributed by atoms with E-state index in [-0.39, 0.29) is 18.2 Å². The number of carboxylic acid groups (broad SMARTS) is 1. The van der Waals surface area contributed by atoms with Crippen molar-refractivity contribution in [3.63, 3.8) is 0 Å². The first-order valence-corrected chi connectivity index (χ1v) is 6.54. The number of anilines is 1. The molecule has 0 radical (unpaired) electrons. The van der Waals surface area contributed by atoms with Gasteiger partial charge in [0, 0.05) is 5.38 Å². The number of nitrogen functional groups attached to an aromatic ring is 1. The molecule has 0 spiro atoms. The van der Waals surface area contributed by atoms with Crippen molar-refractivity contribution < 1.29 is 14.7 Å². The van der Waals surface area contributed by atoms with Crippen LogP contribution in [0, 0.1) is 5.92 Å². The van der Waals surface area contributed by atoms with E-state index in [1.807, 2.05) is 6.92 Å². The van der Waals surface area contributed by atoms with Gasteiger partial charge in [0.05, 0.1) is 12.1 Å². The predicted octanol–water partition coefficient (Wildman–Crippen LogP) is 0.883. The highest BCUT2D eigenvalue weighted by Gasteiger charge is 2.25. The van der Waals surface area contributed by atoms with Gasteiger partial charge in [-0.2, -0.15) is 0 Å². The molecule has 1 rings (SSSR count). The predicted molar refractivity (Wildman–Crippen MR) is 69.3 cm³/mol. The van der Waals surface area contributed by atoms with Crippen molar-refractivity contribution in [2.45, 2.75) is 32.7 Å². The van der Waals surface area contributed by atoms with Crippen molar-refractivity contribution in [1.82, 2.24) is 10.3 Å². The van der Waals surface area contributed by atoms with E-state index in [0.29, 0.717) is 17.2 Å². The van der Waals surface area contributed by atoms with E-state index in [1.54, 1.807) is 12.3 Å². The summed E-state index contributed by atoms with van der Waals surface area (Å²) in [5, 5.41) is 13.6. The molecule has 0 unspecified atom stereocenters. The Morgan fingerprint density at radius 1 is 1.61 bits per heavy atom. The molecule has 0 aliphatic rings. The van der Waals surface area contributed by atoms with Crippen LogP contribution in [0.4, 0.5) is 5.13 Å². The largest absolute Gasteiger partial charge is 0.480 e. The third-order valence-corrected chi connectivity index (χ3v) is 3.43. The molecule has 0 bridgehead atoms. The molecular formula is C11H17N3O3S. The fourth-order valence-corrected chi connectivity index (χ4v) is 2.04. The first-order chi connectivity index (χ1) is 8.43. The lowest BCUT2D eigenvalue weighted by atomic mass is 9.99. The zero-order valence-electron chi connectivity index (χ0n) is 10.3. The van der Waals surface area contributed by atoms with Gasteiger partial charge in [0.2, 0.25) is 5.91 Å². The number of carboxylic acids is 1. The Balaban J connectivity index is 2.59. The van der Waals surface area contributed by atoms with E-state index < -0.39 is 12.0 Å². The molecule has 0 aromatic carbocycles. The topological polar surface area (TPSA) is 105 Å². The van der Waals surface area contributed by atoms with Crippen LogP contribution in [0.5, 0.6) is 0 Å². The number of nitrogens with zero attached hydrogens (tertiary/aromatic N) is 1. The van der Waals surface area contributed by atoms with Gasteiger partial charge in [0.15, 0.2) is 5.13 Å². The smallest absolute Gasteiger partial charge is 0.326 e. The van der Waals surface area contributed by atoms with Crippen LogP contribution in [0.25, 0.3) is 0 Å². The first-order valence-electron chi connectivity index (χ1n) is 5.66. The van der Waals surface area contributed by atoms with Gasteiger partial charge in [0.25, 0.3) is 0 Å². The molecule has 7 heteroatoms. The molecule has 4 N–H and O–H groups in total. The number of thiazole rings is 1. The summed E-state index contributed by atoms with van der Waals surface area (Å²) in [6.45, 7) is 3.67. The second kappa shape index (κ2) is 6.34. The Hall–Kier alpha value is -1.63. The lowest BCUT2D eigenvalue weighted by molar-refractivity contribution is -0.143. The summed E-state index contributed by atoms with van der Waals surface area (Å²) < 4.78 is 0. The molecule has 1 aromatic rings. The fraction of sp³-hybridized carbons (Fsp3) is 0.545. The molecule has 0 fully saturated rings. The van der Waals surface area contributed by atoms with Crippen molar-refractivity contribution in [3.05, 3.63) is 11.1 Å². The van der Waals surface area contributed by atoms with Crippen LogP contribution in [0.3, 0.4) is 0 Å². The molecule has 0 saturated carbocycles. The maximum Gasteiger partial charge on any atom is 0.326 e. The Kier molecular flexibility index (Phi) is 5.08. The summed E-state index contributed by atoms with van der Waals surface area (Å²) in [4.78, 5) is 26.7. The lowest BCUT2D eigenvalue weighted by Crippen LogP contribution is -2.45. The standard InChI is InChI=1S/C11H17N3O3S/c1-3-6(2)9(10(16)17)14-8(15)4-7-5-18-11(12)13-7/h5-6,9H,3-4H2,1-2H3,(H2,12,13)(H,14,15)(H,16,17)/t6-,9-/m0/s1. The number of carbonyl (C=O) groups excluding carboxylic acids is 1. The fourth-order valence-electron chi connectivity index (χ4n) is 1.48. The van der Waals surface area contributed by atoms with Gasteiger partial charge in [0.1, 0.15) is 6.04 Å². The molecule has 1 heterocycles. The number of rotatable bonds is 6. The van der Waals surface area contributed by atoms with E-state index >= 15 is 0 Å². The molecule has 0 saturated heterocycles. The van der Waals surface area contributed by atoms with Crippen molar-refractivity contribution in [3.8, 4) is 0 Å². The second-order valence-corrected chi connectivity index (χ2v) is 5.01. The number of amides is 1. The lowest BCUT2D eigenvalue weighted by Gasteiger charge is -2.19. The highest BCUT2D eigenvalue weighted by atomic mass is 32.1. The van der Waals surface area contributed by atoms with E-state index in [2.05, 4.69) is 10.3 Å². The second-order valence-electron chi connectivity index (χ2n) is 4.12. The molecule has 0 aliphatic carbocycles. The summed E-state index contributed by atoms with van der Waals surface area (Å²) in [6, 6.07) is -0.863. The third-order valence-electron chi connectivity index (χ3n) is 2.71. The van der Waals surface area contributed by atoms with E-state index in [9.17, 15) is 9.59 Å². The summed E-state index contributed by atoms with van der Waals surface area (Å²) >= 11 is 1.25. The molecule has 1 aromatic heterocycles. The summed E-state index contributed by atoms with van der Waals surface area (Å²) in [7, 11) is 0. The molecule has 2 atom stereocenters. The van der Waals surface area contributed by atoms with Crippen molar-refractivity contribution in [1.29, 1.82) is 0 Å². The Labute approximate surface area is 109 Å². The first kappa shape index (κ1) is 14.4. The van der Waals surface area contributed by atoms with Crippen LogP contribution in [-0.4, -0.2) is 28.0 Å². The number of nitrogens with one attached hydrogen (secondary N) is 1. The van der Waals surface area contributed by atoms with Gasteiger partial charge in [-0.1, -0.05) is 20.3 Å². The van der Waals surface area contributed by atoms with Gasteiger partial charge in [-0.25, -0.2) is 9.78 Å². The van der Waals surface area contributed by atoms with Gasteiger partial charge in [-0.15, -0.1) is 11.3 Å². The van der Waals surface area contributed by atoms with Crippen molar-refractivity contribution in [2.24, 2.45) is 5.92 Å². The van der Waals surface area contributed by atoms with Crippen LogP contribution in [0.1, 0.15) is 26.0 Å². The zero-order valence-corrected chi connectivity index (χ0v) is 11.2. The monoisotopic (exact) mass is 271 g/mol. The van der Waals surface area contributed by atoms with Crippen LogP contribution in [0.15, 0.2) is 5.38 Å². The van der Waals surface area contributed by atoms with E-state index in [4.69, 9.17) is 10.8 Å². The summed E-state index contributed by atoms with van der Waals surface area (Å²) in [6.07, 6.45) is 0.731. The molecule has 6 nitrogen and oxygen atoms in total. The minimum atomic E-state index is -1.02. The SMILES string of the molecule is CC[C@H](C)[C@H](NC(=O)Cc1csc(N)n1)C(=O)O. The van der Waals surface area contributed by atoms with Crippen LogP contribution >= 0.6 is 11.3 Å². The number of hydrogen-bond acceptors (Lipinski definition) is 5. The maximum absolute atomic E-state index is 11.7. The quantitative estimate of drug-likeness (QED) is 0.712. The third kappa shape index (κ3) is 3.99. The minimum absolute atomic E-state index is 0.0495. The molecule has 18 heavy (non-hydrogen) atoms. The van der Waals surface area contributed by atoms with Crippen molar-refractivity contribution in [2.75, 3.05) is 5.73 Å². The normalized spacial score (nSPS) is 13.9. The number of hydrogen-bond donors (Lipinski definition) is 3. The van der Waals surface area contributed by atoms with Gasteiger partial charge in [-0.05, 0) is 5.92 Å². The molecule has 100 valence electrons. The minimum Gasteiger partial charge on any atom is -0.480 e. The Bertz CT molecular complexity index is 433. The van der Waals surface area contributed by atoms with Crippen LogP contribution < -0.4 is 11.1 Å². The zero-order chi connectivity index (χ0) is 13.7. The van der Waals surface area contributed by atoms with E-state index in [0.717, 1.165) is 0 Å². The Morgan fingerprint density at radius 3 is 2.72 bits per heavy atom.